The van der Waals surface area contributed by atoms with Crippen LogP contribution in [0.4, 0.5) is 0 Å². The van der Waals surface area contributed by atoms with Crippen molar-refractivity contribution in [3.05, 3.63) is 60.1 Å². The molecule has 6 heteroatoms. The minimum atomic E-state index is 0.209. The van der Waals surface area contributed by atoms with Gasteiger partial charge in [-0.3, -0.25) is 9.58 Å². The zero-order chi connectivity index (χ0) is 17.2. The van der Waals surface area contributed by atoms with E-state index in [4.69, 9.17) is 9.26 Å². The number of nitrogens with zero attached hydrogens (tertiary/aromatic N) is 4. The number of aromatic nitrogens is 3. The number of hydrogen-bond acceptors (Lipinski definition) is 5. The Labute approximate surface area is 147 Å². The van der Waals surface area contributed by atoms with Crippen molar-refractivity contribution in [3.63, 3.8) is 0 Å². The molecule has 1 aliphatic rings. The van der Waals surface area contributed by atoms with Crippen LogP contribution >= 0.6 is 0 Å². The van der Waals surface area contributed by atoms with E-state index in [0.717, 1.165) is 23.6 Å². The lowest BCUT2D eigenvalue weighted by Crippen LogP contribution is -2.43. The molecule has 0 spiro atoms. The average Bonchev–Trinajstić information content (AvgIpc) is 3.25. The van der Waals surface area contributed by atoms with E-state index in [0.29, 0.717) is 13.2 Å². The molecule has 0 radical (unpaired) electrons. The van der Waals surface area contributed by atoms with Crippen LogP contribution in [-0.2, 0) is 18.3 Å². The Morgan fingerprint density at radius 2 is 2.08 bits per heavy atom. The molecule has 25 heavy (non-hydrogen) atoms. The van der Waals surface area contributed by atoms with Crippen LogP contribution < -0.4 is 0 Å². The molecule has 1 fully saturated rings. The summed E-state index contributed by atoms with van der Waals surface area (Å²) < 4.78 is 13.2. The van der Waals surface area contributed by atoms with Crippen molar-refractivity contribution in [1.82, 2.24) is 19.8 Å². The molecule has 2 atom stereocenters. The predicted molar refractivity (Wildman–Crippen MR) is 93.7 cm³/mol. The molecule has 3 aromatic rings. The van der Waals surface area contributed by atoms with Crippen LogP contribution in [-0.4, -0.2) is 39.1 Å². The molecule has 0 aliphatic carbocycles. The van der Waals surface area contributed by atoms with Crippen molar-refractivity contribution in [2.75, 3.05) is 13.2 Å². The van der Waals surface area contributed by atoms with Crippen LogP contribution in [0.1, 0.15) is 24.3 Å². The largest absolute Gasteiger partial charge is 0.375 e. The third-order valence-electron chi connectivity index (χ3n) is 4.57. The Morgan fingerprint density at radius 3 is 2.84 bits per heavy atom. The average molecular weight is 338 g/mol. The zero-order valence-electron chi connectivity index (χ0n) is 14.5. The Balaban J connectivity index is 1.54. The number of rotatable bonds is 4. The Bertz CT molecular complexity index is 827. The van der Waals surface area contributed by atoms with Gasteiger partial charge in [0.05, 0.1) is 31.5 Å². The highest BCUT2D eigenvalue weighted by Crippen LogP contribution is 2.28. The molecule has 1 aromatic carbocycles. The van der Waals surface area contributed by atoms with Crippen LogP contribution in [0, 0.1) is 0 Å². The molecule has 1 aliphatic heterocycles. The Morgan fingerprint density at radius 1 is 1.24 bits per heavy atom. The van der Waals surface area contributed by atoms with Crippen LogP contribution in [0.25, 0.3) is 11.3 Å². The SMILES string of the molecule is C[C@@H]1CN(Cc2cc(-c3cnn(C)c3)no2)[C@H](c2ccccc2)CO1. The smallest absolute Gasteiger partial charge is 0.151 e. The molecule has 6 nitrogen and oxygen atoms in total. The summed E-state index contributed by atoms with van der Waals surface area (Å²) in [5, 5.41) is 8.38. The van der Waals surface area contributed by atoms with Gasteiger partial charge < -0.3 is 9.26 Å². The van der Waals surface area contributed by atoms with E-state index in [2.05, 4.69) is 46.3 Å². The molecule has 0 N–H and O–H groups in total. The monoisotopic (exact) mass is 338 g/mol. The molecule has 2 aromatic heterocycles. The van der Waals surface area contributed by atoms with Crippen molar-refractivity contribution in [2.45, 2.75) is 25.6 Å². The summed E-state index contributed by atoms with van der Waals surface area (Å²) >= 11 is 0. The topological polar surface area (TPSA) is 56.3 Å². The van der Waals surface area contributed by atoms with Crippen molar-refractivity contribution in [2.24, 2.45) is 7.05 Å². The van der Waals surface area contributed by atoms with Gasteiger partial charge in [0.2, 0.25) is 0 Å². The summed E-state index contributed by atoms with van der Waals surface area (Å²) in [4.78, 5) is 2.40. The summed E-state index contributed by atoms with van der Waals surface area (Å²) in [5.74, 6) is 0.855. The normalized spacial score (nSPS) is 21.5. The first kappa shape index (κ1) is 16.1. The van der Waals surface area contributed by atoms with Crippen LogP contribution in [0.3, 0.4) is 0 Å². The van der Waals surface area contributed by atoms with E-state index in [9.17, 15) is 0 Å². The van der Waals surface area contributed by atoms with Gasteiger partial charge in [-0.05, 0) is 12.5 Å². The van der Waals surface area contributed by atoms with Crippen LogP contribution in [0.15, 0.2) is 53.3 Å². The van der Waals surface area contributed by atoms with Gasteiger partial charge in [-0.15, -0.1) is 0 Å². The van der Waals surface area contributed by atoms with Crippen molar-refractivity contribution in [3.8, 4) is 11.3 Å². The molecular formula is C19H22N4O2. The van der Waals surface area contributed by atoms with Crippen molar-refractivity contribution in [1.29, 1.82) is 0 Å². The number of hydrogen-bond donors (Lipinski definition) is 0. The highest BCUT2D eigenvalue weighted by molar-refractivity contribution is 5.56. The molecule has 0 unspecified atom stereocenters. The summed E-state index contributed by atoms with van der Waals surface area (Å²) in [5.41, 5.74) is 3.05. The lowest BCUT2D eigenvalue weighted by molar-refractivity contribution is -0.0621. The lowest BCUT2D eigenvalue weighted by Gasteiger charge is -2.38. The fourth-order valence-corrected chi connectivity index (χ4v) is 3.31. The van der Waals surface area contributed by atoms with Crippen molar-refractivity contribution >= 4 is 0 Å². The minimum Gasteiger partial charge on any atom is -0.375 e. The van der Waals surface area contributed by atoms with Gasteiger partial charge in [0.15, 0.2) is 5.76 Å². The standard InChI is InChI=1S/C19H22N4O2/c1-14-10-23(19(13-24-14)15-6-4-3-5-7-15)12-17-8-18(21-25-17)16-9-20-22(2)11-16/h3-9,11,14,19H,10,12-13H2,1-2H3/t14-,19+/m1/s1. The second-order valence-electron chi connectivity index (χ2n) is 6.58. The number of morpholine rings is 1. The summed E-state index contributed by atoms with van der Waals surface area (Å²) in [6.45, 7) is 4.37. The summed E-state index contributed by atoms with van der Waals surface area (Å²) in [6.07, 6.45) is 3.94. The lowest BCUT2D eigenvalue weighted by atomic mass is 10.0. The third-order valence-corrected chi connectivity index (χ3v) is 4.57. The highest BCUT2D eigenvalue weighted by atomic mass is 16.5. The van der Waals surface area contributed by atoms with E-state index >= 15 is 0 Å². The number of ether oxygens (including phenoxy) is 1. The predicted octanol–water partition coefficient (Wildman–Crippen LogP) is 3.04. The molecule has 4 rings (SSSR count). The fraction of sp³-hybridized carbons (Fsp3) is 0.368. The van der Waals surface area contributed by atoms with Crippen molar-refractivity contribution < 1.29 is 9.26 Å². The van der Waals surface area contributed by atoms with E-state index in [-0.39, 0.29) is 12.1 Å². The quantitative estimate of drug-likeness (QED) is 0.732. The maximum Gasteiger partial charge on any atom is 0.151 e. The molecule has 0 amide bonds. The maximum atomic E-state index is 5.89. The maximum absolute atomic E-state index is 5.89. The fourth-order valence-electron chi connectivity index (χ4n) is 3.31. The van der Waals surface area contributed by atoms with Crippen LogP contribution in [0.5, 0.6) is 0 Å². The molecule has 0 saturated carbocycles. The third kappa shape index (κ3) is 3.50. The summed E-state index contributed by atoms with van der Waals surface area (Å²) in [7, 11) is 1.89. The number of aryl methyl sites for hydroxylation is 1. The van der Waals surface area contributed by atoms with E-state index in [1.807, 2.05) is 25.4 Å². The number of benzene rings is 1. The zero-order valence-corrected chi connectivity index (χ0v) is 14.5. The van der Waals surface area contributed by atoms with Gasteiger partial charge in [-0.25, -0.2) is 0 Å². The minimum absolute atomic E-state index is 0.209. The van der Waals surface area contributed by atoms with Gasteiger partial charge in [-0.1, -0.05) is 35.5 Å². The Kier molecular flexibility index (Phi) is 4.38. The molecule has 3 heterocycles. The highest BCUT2D eigenvalue weighted by Gasteiger charge is 2.29. The molecule has 1 saturated heterocycles. The molecular weight excluding hydrogens is 316 g/mol. The Hall–Kier alpha value is -2.44. The van der Waals surface area contributed by atoms with Gasteiger partial charge in [0.1, 0.15) is 5.69 Å². The van der Waals surface area contributed by atoms with Gasteiger partial charge in [0.25, 0.3) is 0 Å². The summed E-state index contributed by atoms with van der Waals surface area (Å²) in [6, 6.07) is 12.7. The van der Waals surface area contributed by atoms with Gasteiger partial charge >= 0.3 is 0 Å². The first-order valence-corrected chi connectivity index (χ1v) is 8.54. The van der Waals surface area contributed by atoms with E-state index < -0.39 is 0 Å². The first-order valence-electron chi connectivity index (χ1n) is 8.54. The van der Waals surface area contributed by atoms with Gasteiger partial charge in [-0.2, -0.15) is 5.10 Å². The second-order valence-corrected chi connectivity index (χ2v) is 6.58. The molecule has 130 valence electrons. The van der Waals surface area contributed by atoms with E-state index in [1.54, 1.807) is 10.9 Å². The second kappa shape index (κ2) is 6.82. The van der Waals surface area contributed by atoms with Crippen LogP contribution in [0.2, 0.25) is 0 Å². The molecule has 0 bridgehead atoms. The van der Waals surface area contributed by atoms with Gasteiger partial charge in [0, 0.05) is 31.4 Å². The van der Waals surface area contributed by atoms with E-state index in [1.165, 1.54) is 5.56 Å². The first-order chi connectivity index (χ1) is 12.2.